The van der Waals surface area contributed by atoms with Crippen molar-refractivity contribution in [1.82, 2.24) is 0 Å². The molecule has 0 aromatic heterocycles. The van der Waals surface area contributed by atoms with Crippen LogP contribution in [-0.2, 0) is 0 Å². The summed E-state index contributed by atoms with van der Waals surface area (Å²) < 4.78 is 0. The van der Waals surface area contributed by atoms with Crippen LogP contribution < -0.4 is 0 Å². The second kappa shape index (κ2) is 5.29. The number of rotatable bonds is 3. The van der Waals surface area contributed by atoms with Gasteiger partial charge in [0.2, 0.25) is 0 Å². The van der Waals surface area contributed by atoms with Crippen molar-refractivity contribution in [3.63, 3.8) is 0 Å². The Morgan fingerprint density at radius 3 is 2.69 bits per heavy atom. The zero-order valence-corrected chi connectivity index (χ0v) is 9.99. The fourth-order valence-electron chi connectivity index (χ4n) is 2.74. The first kappa shape index (κ1) is 11.4. The van der Waals surface area contributed by atoms with Crippen LogP contribution in [0.4, 0.5) is 0 Å². The molecule has 1 aliphatic carbocycles. The average Bonchev–Trinajstić information content (AvgIpc) is 2.39. The SMILES string of the molecule is CCC1CCCC(C(=O)c2ccccc2)C1. The van der Waals surface area contributed by atoms with Crippen molar-refractivity contribution < 1.29 is 4.79 Å². The number of hydrogen-bond acceptors (Lipinski definition) is 1. The summed E-state index contributed by atoms with van der Waals surface area (Å²) in [5, 5.41) is 0. The van der Waals surface area contributed by atoms with Crippen LogP contribution in [-0.4, -0.2) is 5.78 Å². The smallest absolute Gasteiger partial charge is 0.165 e. The number of hydrogen-bond donors (Lipinski definition) is 0. The largest absolute Gasteiger partial charge is 0.294 e. The molecular weight excluding hydrogens is 196 g/mol. The highest BCUT2D eigenvalue weighted by molar-refractivity contribution is 5.97. The average molecular weight is 216 g/mol. The molecule has 1 aromatic carbocycles. The summed E-state index contributed by atoms with van der Waals surface area (Å²) in [5.41, 5.74) is 0.893. The third-order valence-electron chi connectivity index (χ3n) is 3.79. The Kier molecular flexibility index (Phi) is 3.76. The second-order valence-electron chi connectivity index (χ2n) is 4.87. The topological polar surface area (TPSA) is 17.1 Å². The Hall–Kier alpha value is -1.11. The zero-order chi connectivity index (χ0) is 11.4. The van der Waals surface area contributed by atoms with Crippen molar-refractivity contribution in [1.29, 1.82) is 0 Å². The normalized spacial score (nSPS) is 25.3. The predicted molar refractivity (Wildman–Crippen MR) is 66.5 cm³/mol. The van der Waals surface area contributed by atoms with E-state index in [1.807, 2.05) is 30.3 Å². The van der Waals surface area contributed by atoms with Gasteiger partial charge in [0.25, 0.3) is 0 Å². The Labute approximate surface area is 97.9 Å². The third kappa shape index (κ3) is 2.52. The van der Waals surface area contributed by atoms with E-state index in [-0.39, 0.29) is 5.92 Å². The van der Waals surface area contributed by atoms with Gasteiger partial charge in [-0.25, -0.2) is 0 Å². The molecule has 0 N–H and O–H groups in total. The van der Waals surface area contributed by atoms with E-state index in [1.165, 1.54) is 19.3 Å². The lowest BCUT2D eigenvalue weighted by molar-refractivity contribution is 0.0862. The molecule has 1 saturated carbocycles. The lowest BCUT2D eigenvalue weighted by atomic mass is 9.77. The summed E-state index contributed by atoms with van der Waals surface area (Å²) in [6.45, 7) is 2.24. The van der Waals surface area contributed by atoms with Crippen LogP contribution in [0.3, 0.4) is 0 Å². The fourth-order valence-corrected chi connectivity index (χ4v) is 2.74. The van der Waals surface area contributed by atoms with Gasteiger partial charge in [-0.3, -0.25) is 4.79 Å². The summed E-state index contributed by atoms with van der Waals surface area (Å²) in [7, 11) is 0. The number of carbonyl (C=O) groups is 1. The molecule has 2 rings (SSSR count). The van der Waals surface area contributed by atoms with Gasteiger partial charge >= 0.3 is 0 Å². The van der Waals surface area contributed by atoms with Crippen molar-refractivity contribution in [2.75, 3.05) is 0 Å². The van der Waals surface area contributed by atoms with Gasteiger partial charge in [-0.15, -0.1) is 0 Å². The van der Waals surface area contributed by atoms with Gasteiger partial charge in [0.15, 0.2) is 5.78 Å². The van der Waals surface area contributed by atoms with Crippen molar-refractivity contribution in [3.8, 4) is 0 Å². The van der Waals surface area contributed by atoms with Gasteiger partial charge in [-0.1, -0.05) is 56.5 Å². The monoisotopic (exact) mass is 216 g/mol. The molecule has 0 aliphatic heterocycles. The summed E-state index contributed by atoms with van der Waals surface area (Å²) in [4.78, 5) is 12.3. The summed E-state index contributed by atoms with van der Waals surface area (Å²) in [6.07, 6.45) is 5.95. The third-order valence-corrected chi connectivity index (χ3v) is 3.79. The highest BCUT2D eigenvalue weighted by Gasteiger charge is 2.26. The Bertz CT molecular complexity index is 342. The minimum atomic E-state index is 0.279. The summed E-state index contributed by atoms with van der Waals surface area (Å²) in [5.74, 6) is 1.41. The highest BCUT2D eigenvalue weighted by atomic mass is 16.1. The minimum Gasteiger partial charge on any atom is -0.294 e. The molecule has 2 atom stereocenters. The van der Waals surface area contributed by atoms with Crippen molar-refractivity contribution in [2.24, 2.45) is 11.8 Å². The molecule has 1 aromatic rings. The number of benzene rings is 1. The van der Waals surface area contributed by atoms with Crippen LogP contribution in [0, 0.1) is 11.8 Å². The van der Waals surface area contributed by atoms with E-state index in [2.05, 4.69) is 6.92 Å². The molecule has 1 aliphatic rings. The van der Waals surface area contributed by atoms with E-state index < -0.39 is 0 Å². The van der Waals surface area contributed by atoms with E-state index in [0.29, 0.717) is 5.78 Å². The van der Waals surface area contributed by atoms with E-state index >= 15 is 0 Å². The first-order valence-corrected chi connectivity index (χ1v) is 6.40. The summed E-state index contributed by atoms with van der Waals surface area (Å²) in [6, 6.07) is 9.75. The molecule has 0 radical (unpaired) electrons. The van der Waals surface area contributed by atoms with Crippen molar-refractivity contribution in [3.05, 3.63) is 35.9 Å². The molecule has 2 unspecified atom stereocenters. The van der Waals surface area contributed by atoms with Crippen LogP contribution in [0.5, 0.6) is 0 Å². The van der Waals surface area contributed by atoms with Gasteiger partial charge in [-0.2, -0.15) is 0 Å². The predicted octanol–water partition coefficient (Wildman–Crippen LogP) is 4.09. The van der Waals surface area contributed by atoms with E-state index in [1.54, 1.807) is 0 Å². The molecule has 1 heteroatoms. The first-order valence-electron chi connectivity index (χ1n) is 6.40. The molecule has 86 valence electrons. The van der Waals surface area contributed by atoms with E-state index in [9.17, 15) is 4.79 Å². The molecule has 1 nitrogen and oxygen atoms in total. The zero-order valence-electron chi connectivity index (χ0n) is 9.99. The van der Waals surface area contributed by atoms with E-state index in [0.717, 1.165) is 24.3 Å². The molecule has 0 amide bonds. The van der Waals surface area contributed by atoms with Gasteiger partial charge in [0.1, 0.15) is 0 Å². The highest BCUT2D eigenvalue weighted by Crippen LogP contribution is 2.32. The maximum absolute atomic E-state index is 12.3. The first-order chi connectivity index (χ1) is 7.81. The molecule has 1 fully saturated rings. The van der Waals surface area contributed by atoms with Crippen molar-refractivity contribution >= 4 is 5.78 Å². The Morgan fingerprint density at radius 1 is 1.25 bits per heavy atom. The maximum atomic E-state index is 12.3. The van der Waals surface area contributed by atoms with Crippen LogP contribution in [0.1, 0.15) is 49.4 Å². The van der Waals surface area contributed by atoms with Crippen molar-refractivity contribution in [2.45, 2.75) is 39.0 Å². The molecule has 16 heavy (non-hydrogen) atoms. The van der Waals surface area contributed by atoms with Crippen LogP contribution >= 0.6 is 0 Å². The Morgan fingerprint density at radius 2 is 2.00 bits per heavy atom. The molecule has 0 saturated heterocycles. The van der Waals surface area contributed by atoms with Crippen LogP contribution in [0.15, 0.2) is 30.3 Å². The number of carbonyl (C=O) groups excluding carboxylic acids is 1. The Balaban J connectivity index is 2.05. The molecule has 0 heterocycles. The van der Waals surface area contributed by atoms with Crippen LogP contribution in [0.25, 0.3) is 0 Å². The summed E-state index contributed by atoms with van der Waals surface area (Å²) >= 11 is 0. The quantitative estimate of drug-likeness (QED) is 0.696. The maximum Gasteiger partial charge on any atom is 0.165 e. The molecule has 0 spiro atoms. The van der Waals surface area contributed by atoms with Gasteiger partial charge in [-0.05, 0) is 18.8 Å². The number of ketones is 1. The van der Waals surface area contributed by atoms with E-state index in [4.69, 9.17) is 0 Å². The van der Waals surface area contributed by atoms with Gasteiger partial charge in [0, 0.05) is 11.5 Å². The minimum absolute atomic E-state index is 0.279. The lowest BCUT2D eigenvalue weighted by Crippen LogP contribution is -2.22. The molecular formula is C15H20O. The lowest BCUT2D eigenvalue weighted by Gasteiger charge is -2.27. The van der Waals surface area contributed by atoms with Gasteiger partial charge < -0.3 is 0 Å². The second-order valence-corrected chi connectivity index (χ2v) is 4.87. The number of Topliss-reactive ketones (excluding diaryl/α,β-unsaturated/α-hetero) is 1. The molecule has 0 bridgehead atoms. The fraction of sp³-hybridized carbons (Fsp3) is 0.533. The van der Waals surface area contributed by atoms with Crippen LogP contribution in [0.2, 0.25) is 0 Å². The van der Waals surface area contributed by atoms with Gasteiger partial charge in [0.05, 0.1) is 0 Å². The standard InChI is InChI=1S/C15H20O/c1-2-12-7-6-10-14(11-12)15(16)13-8-4-3-5-9-13/h3-5,8-9,12,14H,2,6-7,10-11H2,1H3.